The molecule has 1 aromatic heterocycles. The van der Waals surface area contributed by atoms with Gasteiger partial charge < -0.3 is 11.1 Å². The van der Waals surface area contributed by atoms with Crippen molar-refractivity contribution in [1.29, 1.82) is 0 Å². The average molecular weight is 465 g/mol. The first-order chi connectivity index (χ1) is 14.7. The molecule has 0 radical (unpaired) electrons. The van der Waals surface area contributed by atoms with E-state index in [1.807, 2.05) is 0 Å². The number of carbonyl (C=O) groups is 1. The number of halogens is 2. The Morgan fingerprint density at radius 2 is 2.13 bits per heavy atom. The lowest BCUT2D eigenvalue weighted by atomic mass is 9.93. The number of benzene rings is 1. The first-order valence-corrected chi connectivity index (χ1v) is 11.8. The van der Waals surface area contributed by atoms with E-state index >= 15 is 0 Å². The summed E-state index contributed by atoms with van der Waals surface area (Å²) < 4.78 is 34.4. The van der Waals surface area contributed by atoms with Crippen molar-refractivity contribution in [3.63, 3.8) is 0 Å². The summed E-state index contributed by atoms with van der Waals surface area (Å²) in [5.74, 6) is -0.912. The van der Waals surface area contributed by atoms with Crippen molar-refractivity contribution in [2.45, 2.75) is 25.3 Å². The maximum absolute atomic E-state index is 14.9. The highest BCUT2D eigenvalue weighted by atomic mass is 35.5. The lowest BCUT2D eigenvalue weighted by Crippen LogP contribution is -2.52. The van der Waals surface area contributed by atoms with E-state index in [0.717, 1.165) is 12.8 Å². The standard InChI is InChI=1S/C20H22ClFN6O2S/c1-20(12-31(30)25-8-2-3-9-28(31)19(23)27-20)15-10-14(5-6-16(15)22)26-18(29)17-7-4-13(21)11-24-17/h4-7,10-11H,2-3,8-9,12H2,1H3,(H2,23,27)(H,26,29)/t20-,31+/m0/s1. The van der Waals surface area contributed by atoms with E-state index in [4.69, 9.17) is 17.3 Å². The van der Waals surface area contributed by atoms with Crippen LogP contribution in [-0.2, 0) is 15.5 Å². The number of aliphatic imine (C=N–C) groups is 1. The Labute approximate surface area is 185 Å². The van der Waals surface area contributed by atoms with Gasteiger partial charge in [0.2, 0.25) is 5.96 Å². The van der Waals surface area contributed by atoms with Crippen LogP contribution >= 0.6 is 11.6 Å². The summed E-state index contributed by atoms with van der Waals surface area (Å²) in [6.45, 7) is 2.64. The van der Waals surface area contributed by atoms with Crippen LogP contribution in [0.3, 0.4) is 0 Å². The number of nitrogens with two attached hydrogens (primary N) is 1. The van der Waals surface area contributed by atoms with Crippen LogP contribution < -0.4 is 11.1 Å². The highest BCUT2D eigenvalue weighted by Gasteiger charge is 2.42. The molecular formula is C20H22ClFN6O2S. The van der Waals surface area contributed by atoms with E-state index in [0.29, 0.717) is 23.8 Å². The van der Waals surface area contributed by atoms with Crippen LogP contribution in [0, 0.1) is 5.82 Å². The number of rotatable bonds is 3. The molecule has 0 saturated heterocycles. The summed E-state index contributed by atoms with van der Waals surface area (Å²) in [7, 11) is -2.85. The number of hydrogen-bond acceptors (Lipinski definition) is 6. The lowest BCUT2D eigenvalue weighted by Gasteiger charge is -2.38. The number of anilines is 1. The number of amides is 1. The van der Waals surface area contributed by atoms with Crippen molar-refractivity contribution in [3.05, 3.63) is 58.6 Å². The van der Waals surface area contributed by atoms with Crippen molar-refractivity contribution in [3.8, 4) is 0 Å². The summed E-state index contributed by atoms with van der Waals surface area (Å²) in [6.07, 6.45) is 2.99. The van der Waals surface area contributed by atoms with Crippen LogP contribution in [-0.4, -0.2) is 44.2 Å². The topological polar surface area (TPSA) is 113 Å². The van der Waals surface area contributed by atoms with Gasteiger partial charge in [0.25, 0.3) is 5.91 Å². The third kappa shape index (κ3) is 4.22. The Hall–Kier alpha value is -2.72. The number of pyridine rings is 1. The smallest absolute Gasteiger partial charge is 0.274 e. The number of aromatic nitrogens is 1. The molecular weight excluding hydrogens is 443 g/mol. The van der Waals surface area contributed by atoms with Gasteiger partial charge in [0, 0.05) is 24.0 Å². The van der Waals surface area contributed by atoms with E-state index in [1.54, 1.807) is 13.0 Å². The minimum absolute atomic E-state index is 0.00770. The van der Waals surface area contributed by atoms with Crippen molar-refractivity contribution < 1.29 is 13.4 Å². The van der Waals surface area contributed by atoms with Gasteiger partial charge in [-0.1, -0.05) is 11.6 Å². The van der Waals surface area contributed by atoms with Crippen LogP contribution in [0.4, 0.5) is 10.1 Å². The molecule has 0 bridgehead atoms. The predicted octanol–water partition coefficient (Wildman–Crippen LogP) is 3.15. The molecule has 0 aliphatic carbocycles. The summed E-state index contributed by atoms with van der Waals surface area (Å²) in [6, 6.07) is 7.20. The molecule has 2 atom stereocenters. The number of fused-ring (bicyclic) bond motifs is 1. The van der Waals surface area contributed by atoms with Gasteiger partial charge in [-0.2, -0.15) is 0 Å². The molecule has 31 heavy (non-hydrogen) atoms. The Bertz CT molecular complexity index is 1180. The molecule has 1 aromatic carbocycles. The summed E-state index contributed by atoms with van der Waals surface area (Å²) in [4.78, 5) is 21.0. The second-order valence-corrected chi connectivity index (χ2v) is 10.3. The Morgan fingerprint density at radius 3 is 2.87 bits per heavy atom. The summed E-state index contributed by atoms with van der Waals surface area (Å²) >= 11 is 5.80. The number of guanidine groups is 1. The zero-order valence-electron chi connectivity index (χ0n) is 16.8. The Kier molecular flexibility index (Phi) is 5.61. The second kappa shape index (κ2) is 8.08. The monoisotopic (exact) mass is 464 g/mol. The van der Waals surface area contributed by atoms with Gasteiger partial charge in [0.1, 0.15) is 27.0 Å². The quantitative estimate of drug-likeness (QED) is 0.726. The third-order valence-corrected chi connectivity index (χ3v) is 8.06. The minimum atomic E-state index is -2.85. The van der Waals surface area contributed by atoms with Gasteiger partial charge in [0.05, 0.1) is 17.3 Å². The normalized spacial score (nSPS) is 25.6. The molecule has 0 saturated carbocycles. The molecule has 2 aliphatic heterocycles. The second-order valence-electron chi connectivity index (χ2n) is 7.67. The van der Waals surface area contributed by atoms with E-state index < -0.39 is 27.2 Å². The Balaban J connectivity index is 1.69. The maximum atomic E-state index is 14.9. The maximum Gasteiger partial charge on any atom is 0.274 e. The highest BCUT2D eigenvalue weighted by Crippen LogP contribution is 2.36. The molecule has 1 amide bonds. The van der Waals surface area contributed by atoms with Gasteiger partial charge >= 0.3 is 0 Å². The number of hydrogen-bond donors (Lipinski definition) is 2. The third-order valence-electron chi connectivity index (χ3n) is 5.26. The molecule has 11 heteroatoms. The van der Waals surface area contributed by atoms with Gasteiger partial charge in [-0.3, -0.25) is 9.10 Å². The average Bonchev–Trinajstić information content (AvgIpc) is 2.91. The fourth-order valence-electron chi connectivity index (χ4n) is 3.74. The SMILES string of the molecule is C[C@@]1(c2cc(NC(=O)c3ccc(Cl)cn3)ccc2F)C[S@@]2(=O)=NCCCCN2C(N)=N1. The molecule has 0 unspecified atom stereocenters. The fraction of sp³-hybridized carbons (Fsp3) is 0.350. The lowest BCUT2D eigenvalue weighted by molar-refractivity contribution is 0.102. The first kappa shape index (κ1) is 21.5. The molecule has 8 nitrogen and oxygen atoms in total. The van der Waals surface area contributed by atoms with E-state index in [-0.39, 0.29) is 23.0 Å². The first-order valence-electron chi connectivity index (χ1n) is 9.77. The molecule has 3 N–H and O–H groups in total. The zero-order chi connectivity index (χ0) is 22.2. The van der Waals surface area contributed by atoms with Gasteiger partial charge in [0.15, 0.2) is 0 Å². The van der Waals surface area contributed by atoms with E-state index in [1.165, 1.54) is 34.8 Å². The van der Waals surface area contributed by atoms with E-state index in [9.17, 15) is 13.4 Å². The molecule has 164 valence electrons. The fourth-order valence-corrected chi connectivity index (χ4v) is 6.35. The van der Waals surface area contributed by atoms with Crippen LogP contribution in [0.25, 0.3) is 0 Å². The van der Waals surface area contributed by atoms with Crippen LogP contribution in [0.5, 0.6) is 0 Å². The van der Waals surface area contributed by atoms with Crippen LogP contribution in [0.2, 0.25) is 5.02 Å². The van der Waals surface area contributed by atoms with Crippen molar-refractivity contribution in [2.24, 2.45) is 15.1 Å². The summed E-state index contributed by atoms with van der Waals surface area (Å²) in [5, 5.41) is 3.10. The van der Waals surface area contributed by atoms with Crippen molar-refractivity contribution >= 4 is 39.1 Å². The largest absolute Gasteiger partial charge is 0.369 e. The molecule has 0 spiro atoms. The number of carbonyl (C=O) groups excluding carboxylic acids is 1. The summed E-state index contributed by atoms with van der Waals surface area (Å²) in [5.41, 5.74) is 5.63. The molecule has 0 fully saturated rings. The minimum Gasteiger partial charge on any atom is -0.369 e. The molecule has 3 heterocycles. The van der Waals surface area contributed by atoms with Gasteiger partial charge in [-0.15, -0.1) is 0 Å². The van der Waals surface area contributed by atoms with Crippen molar-refractivity contribution in [1.82, 2.24) is 9.29 Å². The van der Waals surface area contributed by atoms with Crippen LogP contribution in [0.15, 0.2) is 45.9 Å². The number of nitrogens with one attached hydrogen (secondary N) is 1. The van der Waals surface area contributed by atoms with E-state index in [2.05, 4.69) is 19.7 Å². The molecule has 4 rings (SSSR count). The number of nitrogens with zero attached hydrogens (tertiary/aromatic N) is 4. The Morgan fingerprint density at radius 1 is 1.32 bits per heavy atom. The van der Waals surface area contributed by atoms with Crippen molar-refractivity contribution in [2.75, 3.05) is 24.2 Å². The van der Waals surface area contributed by atoms with Crippen LogP contribution in [0.1, 0.15) is 35.8 Å². The highest BCUT2D eigenvalue weighted by molar-refractivity contribution is 7.92. The van der Waals surface area contributed by atoms with Gasteiger partial charge in [-0.05, 0) is 50.1 Å². The molecule has 2 aliphatic rings. The zero-order valence-corrected chi connectivity index (χ0v) is 18.4. The van der Waals surface area contributed by atoms with Gasteiger partial charge in [-0.25, -0.2) is 22.9 Å². The predicted molar refractivity (Wildman–Crippen MR) is 119 cm³/mol. The molecule has 2 aromatic rings.